The van der Waals surface area contributed by atoms with Crippen LogP contribution in [0.1, 0.15) is 39.4 Å². The summed E-state index contributed by atoms with van der Waals surface area (Å²) in [4.78, 5) is 12.0. The van der Waals surface area contributed by atoms with Crippen LogP contribution in [0.4, 0.5) is 8.78 Å². The topological polar surface area (TPSA) is 35.5 Å². The molecule has 0 radical (unpaired) electrons. The van der Waals surface area contributed by atoms with Crippen molar-refractivity contribution in [3.05, 3.63) is 33.8 Å². The molecule has 0 fully saturated rings. The van der Waals surface area contributed by atoms with E-state index < -0.39 is 34.9 Å². The number of benzene rings is 1. The summed E-state index contributed by atoms with van der Waals surface area (Å²) in [6, 6.07) is 2.16. The lowest BCUT2D eigenvalue weighted by Crippen LogP contribution is -2.30. The summed E-state index contributed by atoms with van der Waals surface area (Å²) in [6.45, 7) is 6.76. The molecule has 1 rings (SSSR count). The van der Waals surface area contributed by atoms with Crippen LogP contribution in [0.15, 0.2) is 16.6 Å². The fraction of sp³-hybridized carbons (Fsp3) is 0.500. The average molecular weight is 351 g/mol. The highest BCUT2D eigenvalue weighted by Gasteiger charge is 2.32. The third kappa shape index (κ3) is 4.52. The van der Waals surface area contributed by atoms with Gasteiger partial charge in [-0.15, -0.1) is 0 Å². The van der Waals surface area contributed by atoms with E-state index in [0.29, 0.717) is 0 Å². The molecule has 1 aromatic carbocycles. The van der Waals surface area contributed by atoms with Crippen molar-refractivity contribution in [1.29, 1.82) is 0 Å². The molecule has 0 heterocycles. The van der Waals surface area contributed by atoms with E-state index in [-0.39, 0.29) is 11.1 Å². The Labute approximate surface area is 125 Å². The minimum Gasteiger partial charge on any atom is -0.458 e. The molecule has 0 aliphatic rings. The van der Waals surface area contributed by atoms with Crippen LogP contribution >= 0.6 is 15.9 Å². The molecule has 3 nitrogen and oxygen atoms in total. The van der Waals surface area contributed by atoms with E-state index >= 15 is 0 Å². The van der Waals surface area contributed by atoms with E-state index in [1.165, 1.54) is 0 Å². The van der Waals surface area contributed by atoms with Crippen LogP contribution in [0.25, 0.3) is 0 Å². The van der Waals surface area contributed by atoms with E-state index in [4.69, 9.17) is 9.47 Å². The molecule has 0 N–H and O–H groups in total. The first-order valence-electron chi connectivity index (χ1n) is 6.14. The standard InChI is InChI=1S/C14H17BrF2O3/c1-5-19-12(13(18)20-14(2,3)4)11-9(16)6-8(15)7-10(11)17/h6-7,12H,5H2,1-4H3. The van der Waals surface area contributed by atoms with Crippen LogP contribution in [-0.2, 0) is 14.3 Å². The number of carbonyl (C=O) groups excluding carboxylic acids is 1. The zero-order valence-electron chi connectivity index (χ0n) is 11.8. The molecular weight excluding hydrogens is 334 g/mol. The highest BCUT2D eigenvalue weighted by Crippen LogP contribution is 2.29. The van der Waals surface area contributed by atoms with Gasteiger partial charge in [0, 0.05) is 11.1 Å². The number of carbonyl (C=O) groups is 1. The second-order valence-corrected chi connectivity index (χ2v) is 6.07. The smallest absolute Gasteiger partial charge is 0.340 e. The molecule has 0 amide bonds. The Balaban J connectivity index is 3.18. The third-order valence-electron chi connectivity index (χ3n) is 2.26. The second kappa shape index (κ2) is 6.63. The van der Waals surface area contributed by atoms with Crippen LogP contribution in [0.2, 0.25) is 0 Å². The van der Waals surface area contributed by atoms with Gasteiger partial charge in [-0.2, -0.15) is 0 Å². The minimum absolute atomic E-state index is 0.124. The van der Waals surface area contributed by atoms with E-state index in [2.05, 4.69) is 15.9 Å². The summed E-state index contributed by atoms with van der Waals surface area (Å²) in [5.41, 5.74) is -1.21. The summed E-state index contributed by atoms with van der Waals surface area (Å²) < 4.78 is 38.4. The molecule has 1 unspecified atom stereocenters. The number of hydrogen-bond acceptors (Lipinski definition) is 3. The molecule has 0 saturated heterocycles. The monoisotopic (exact) mass is 350 g/mol. The van der Waals surface area contributed by atoms with Crippen molar-refractivity contribution in [2.24, 2.45) is 0 Å². The maximum atomic E-state index is 13.9. The van der Waals surface area contributed by atoms with Gasteiger partial charge >= 0.3 is 5.97 Å². The van der Waals surface area contributed by atoms with Crippen LogP contribution in [0.3, 0.4) is 0 Å². The Morgan fingerprint density at radius 3 is 2.20 bits per heavy atom. The Morgan fingerprint density at radius 2 is 1.80 bits per heavy atom. The Bertz CT molecular complexity index is 475. The van der Waals surface area contributed by atoms with Crippen molar-refractivity contribution in [2.45, 2.75) is 39.4 Å². The predicted molar refractivity (Wildman–Crippen MR) is 74.3 cm³/mol. The molecular formula is C14H17BrF2O3. The first kappa shape index (κ1) is 17.0. The van der Waals surface area contributed by atoms with Crippen LogP contribution in [-0.4, -0.2) is 18.2 Å². The molecule has 0 aliphatic heterocycles. The van der Waals surface area contributed by atoms with Gasteiger partial charge < -0.3 is 9.47 Å². The highest BCUT2D eigenvalue weighted by molar-refractivity contribution is 9.10. The Morgan fingerprint density at radius 1 is 1.30 bits per heavy atom. The van der Waals surface area contributed by atoms with Gasteiger partial charge in [-0.1, -0.05) is 15.9 Å². The number of ether oxygens (including phenoxy) is 2. The van der Waals surface area contributed by atoms with Crippen molar-refractivity contribution in [2.75, 3.05) is 6.61 Å². The normalized spacial score (nSPS) is 13.2. The van der Waals surface area contributed by atoms with Crippen molar-refractivity contribution < 1.29 is 23.0 Å². The van der Waals surface area contributed by atoms with Crippen molar-refractivity contribution in [3.63, 3.8) is 0 Å². The molecule has 0 saturated carbocycles. The van der Waals surface area contributed by atoms with Gasteiger partial charge in [-0.05, 0) is 39.8 Å². The van der Waals surface area contributed by atoms with Gasteiger partial charge in [-0.25, -0.2) is 13.6 Å². The fourth-order valence-electron chi connectivity index (χ4n) is 1.60. The highest BCUT2D eigenvalue weighted by atomic mass is 79.9. The molecule has 6 heteroatoms. The second-order valence-electron chi connectivity index (χ2n) is 5.15. The van der Waals surface area contributed by atoms with Gasteiger partial charge in [0.05, 0.1) is 5.56 Å². The zero-order valence-corrected chi connectivity index (χ0v) is 13.4. The zero-order chi connectivity index (χ0) is 15.5. The molecule has 112 valence electrons. The van der Waals surface area contributed by atoms with Gasteiger partial charge in [0.2, 0.25) is 0 Å². The van der Waals surface area contributed by atoms with Gasteiger partial charge in [-0.3, -0.25) is 0 Å². The third-order valence-corrected chi connectivity index (χ3v) is 2.72. The summed E-state index contributed by atoms with van der Waals surface area (Å²) in [5.74, 6) is -2.54. The predicted octanol–water partition coefficient (Wildman–Crippen LogP) is 4.15. The largest absolute Gasteiger partial charge is 0.458 e. The number of esters is 1. The molecule has 0 spiro atoms. The summed E-state index contributed by atoms with van der Waals surface area (Å²) >= 11 is 2.98. The summed E-state index contributed by atoms with van der Waals surface area (Å²) in [6.07, 6.45) is -1.42. The van der Waals surface area contributed by atoms with E-state index in [1.54, 1.807) is 27.7 Å². The maximum Gasteiger partial charge on any atom is 0.340 e. The molecule has 0 aromatic heterocycles. The first-order chi connectivity index (χ1) is 9.15. The summed E-state index contributed by atoms with van der Waals surface area (Å²) in [7, 11) is 0. The van der Waals surface area contributed by atoms with Gasteiger partial charge in [0.25, 0.3) is 0 Å². The van der Waals surface area contributed by atoms with Crippen LogP contribution < -0.4 is 0 Å². The Kier molecular flexibility index (Phi) is 5.65. The molecule has 1 atom stereocenters. The first-order valence-corrected chi connectivity index (χ1v) is 6.94. The van der Waals surface area contributed by atoms with Crippen molar-refractivity contribution in [3.8, 4) is 0 Å². The lowest BCUT2D eigenvalue weighted by molar-refractivity contribution is -0.169. The molecule has 0 bridgehead atoms. The van der Waals surface area contributed by atoms with E-state index in [9.17, 15) is 13.6 Å². The average Bonchev–Trinajstić information content (AvgIpc) is 2.24. The molecule has 0 aliphatic carbocycles. The molecule has 20 heavy (non-hydrogen) atoms. The molecule has 1 aromatic rings. The van der Waals surface area contributed by atoms with Gasteiger partial charge in [0.15, 0.2) is 6.10 Å². The van der Waals surface area contributed by atoms with Crippen molar-refractivity contribution in [1.82, 2.24) is 0 Å². The lowest BCUT2D eigenvalue weighted by atomic mass is 10.1. The Hall–Kier alpha value is -1.01. The summed E-state index contributed by atoms with van der Waals surface area (Å²) in [5, 5.41) is 0. The van der Waals surface area contributed by atoms with Crippen LogP contribution in [0, 0.1) is 11.6 Å². The minimum atomic E-state index is -1.42. The van der Waals surface area contributed by atoms with E-state index in [1.807, 2.05) is 0 Å². The number of halogens is 3. The van der Waals surface area contributed by atoms with Gasteiger partial charge in [0.1, 0.15) is 17.2 Å². The number of hydrogen-bond donors (Lipinski definition) is 0. The maximum absolute atomic E-state index is 13.9. The fourth-order valence-corrected chi connectivity index (χ4v) is 2.00. The van der Waals surface area contributed by atoms with Crippen LogP contribution in [0.5, 0.6) is 0 Å². The quantitative estimate of drug-likeness (QED) is 0.765. The van der Waals surface area contributed by atoms with E-state index in [0.717, 1.165) is 12.1 Å². The number of rotatable bonds is 4. The van der Waals surface area contributed by atoms with Crippen molar-refractivity contribution >= 4 is 21.9 Å². The SMILES string of the molecule is CCOC(C(=O)OC(C)(C)C)c1c(F)cc(Br)cc1F. The lowest BCUT2D eigenvalue weighted by Gasteiger charge is -2.24.